The van der Waals surface area contributed by atoms with Gasteiger partial charge in [0.25, 0.3) is 0 Å². The fourth-order valence-electron chi connectivity index (χ4n) is 2.48. The predicted octanol–water partition coefficient (Wildman–Crippen LogP) is 3.19. The molecule has 0 atom stereocenters. The van der Waals surface area contributed by atoms with E-state index in [0.717, 1.165) is 0 Å². The van der Waals surface area contributed by atoms with E-state index < -0.39 is 15.5 Å². The fourth-order valence-corrected chi connectivity index (χ4v) is 3.69. The number of alkyl halides is 3. The largest absolute Gasteiger partial charge is 0.511 e. The zero-order chi connectivity index (χ0) is 18.0. The van der Waals surface area contributed by atoms with Gasteiger partial charge in [-0.15, -0.1) is 0 Å². The zero-order valence-corrected chi connectivity index (χ0v) is 14.0. The number of nitrogens with zero attached hydrogens (tertiary/aromatic N) is 2. The summed E-state index contributed by atoms with van der Waals surface area (Å²) in [7, 11) is -5.24. The maximum atomic E-state index is 12.5. The number of rotatable bonds is 4. The molecule has 24 heavy (non-hydrogen) atoms. The van der Waals surface area contributed by atoms with E-state index in [1.807, 2.05) is 6.07 Å². The summed E-state index contributed by atoms with van der Waals surface area (Å²) in [6.45, 7) is 0.187. The van der Waals surface area contributed by atoms with Crippen LogP contribution in [0.2, 0.25) is 5.02 Å². The molecule has 1 heterocycles. The summed E-state index contributed by atoms with van der Waals surface area (Å²) < 4.78 is 60.7. The normalized spacial score (nSPS) is 17.5. The first-order valence-electron chi connectivity index (χ1n) is 7.15. The van der Waals surface area contributed by atoms with Crippen LogP contribution in [-0.4, -0.2) is 37.9 Å². The van der Waals surface area contributed by atoms with Gasteiger partial charge in [-0.3, -0.25) is 0 Å². The minimum atomic E-state index is -5.25. The Balaban J connectivity index is 1.88. The first-order chi connectivity index (χ1) is 11.1. The van der Waals surface area contributed by atoms with Crippen molar-refractivity contribution in [2.24, 2.45) is 5.92 Å². The molecule has 0 amide bonds. The van der Waals surface area contributed by atoms with Gasteiger partial charge in [0.05, 0.1) is 10.6 Å². The molecule has 0 unspecified atom stereocenters. The van der Waals surface area contributed by atoms with Gasteiger partial charge in [-0.25, -0.2) is 8.42 Å². The Morgan fingerprint density at radius 3 is 2.46 bits per heavy atom. The van der Waals surface area contributed by atoms with Crippen molar-refractivity contribution in [3.05, 3.63) is 28.8 Å². The van der Waals surface area contributed by atoms with Crippen molar-refractivity contribution in [3.8, 4) is 6.07 Å². The SMILES string of the molecule is N#Cc1ccc(NCC2CCN(S(=O)(=O)C(F)(F)F)CC2)cc1Cl. The zero-order valence-electron chi connectivity index (χ0n) is 12.5. The highest BCUT2D eigenvalue weighted by molar-refractivity contribution is 7.90. The molecule has 0 aromatic heterocycles. The van der Waals surface area contributed by atoms with Gasteiger partial charge in [-0.1, -0.05) is 11.6 Å². The van der Waals surface area contributed by atoms with Gasteiger partial charge < -0.3 is 5.32 Å². The van der Waals surface area contributed by atoms with Crippen LogP contribution in [0.3, 0.4) is 0 Å². The van der Waals surface area contributed by atoms with Crippen LogP contribution in [0.25, 0.3) is 0 Å². The number of benzene rings is 1. The van der Waals surface area contributed by atoms with Crippen molar-refractivity contribution < 1.29 is 21.6 Å². The van der Waals surface area contributed by atoms with E-state index in [-0.39, 0.29) is 19.0 Å². The first kappa shape index (κ1) is 18.8. The molecule has 1 aromatic carbocycles. The molecule has 0 bridgehead atoms. The number of hydrogen-bond donors (Lipinski definition) is 1. The lowest BCUT2D eigenvalue weighted by atomic mass is 9.98. The second kappa shape index (κ2) is 7.17. The van der Waals surface area contributed by atoms with Gasteiger partial charge in [-0.2, -0.15) is 22.7 Å². The van der Waals surface area contributed by atoms with Crippen LogP contribution in [0, 0.1) is 17.2 Å². The molecule has 1 saturated heterocycles. The average Bonchev–Trinajstić information content (AvgIpc) is 2.52. The fraction of sp³-hybridized carbons (Fsp3) is 0.500. The summed E-state index contributed by atoms with van der Waals surface area (Å²) >= 11 is 5.92. The summed E-state index contributed by atoms with van der Waals surface area (Å²) in [6.07, 6.45) is 0.679. The lowest BCUT2D eigenvalue weighted by Crippen LogP contribution is -2.45. The molecular weight excluding hydrogens is 367 g/mol. The summed E-state index contributed by atoms with van der Waals surface area (Å²) in [5, 5.41) is 12.2. The van der Waals surface area contributed by atoms with Crippen molar-refractivity contribution in [2.45, 2.75) is 18.3 Å². The van der Waals surface area contributed by atoms with Crippen LogP contribution in [-0.2, 0) is 10.0 Å². The molecule has 1 fully saturated rings. The highest BCUT2D eigenvalue weighted by Crippen LogP contribution is 2.30. The topological polar surface area (TPSA) is 73.2 Å². The summed E-state index contributed by atoms with van der Waals surface area (Å²) in [5.74, 6) is 0.0547. The lowest BCUT2D eigenvalue weighted by Gasteiger charge is -2.31. The van der Waals surface area contributed by atoms with Crippen molar-refractivity contribution >= 4 is 27.3 Å². The molecule has 0 aliphatic carbocycles. The number of anilines is 1. The maximum Gasteiger partial charge on any atom is 0.511 e. The highest BCUT2D eigenvalue weighted by Gasteiger charge is 2.50. The van der Waals surface area contributed by atoms with Gasteiger partial charge in [0.1, 0.15) is 6.07 Å². The van der Waals surface area contributed by atoms with Crippen LogP contribution in [0.5, 0.6) is 0 Å². The van der Waals surface area contributed by atoms with Crippen LogP contribution in [0.15, 0.2) is 18.2 Å². The van der Waals surface area contributed by atoms with Gasteiger partial charge in [0, 0.05) is 25.3 Å². The van der Waals surface area contributed by atoms with Crippen molar-refractivity contribution in [3.63, 3.8) is 0 Å². The standard InChI is InChI=1S/C14H15ClF3N3O2S/c15-13-7-12(2-1-11(13)8-19)20-9-10-3-5-21(6-4-10)24(22,23)14(16,17)18/h1-2,7,10,20H,3-6,9H2. The Hall–Kier alpha value is -1.50. The quantitative estimate of drug-likeness (QED) is 0.869. The van der Waals surface area contributed by atoms with Gasteiger partial charge in [0.15, 0.2) is 0 Å². The lowest BCUT2D eigenvalue weighted by molar-refractivity contribution is -0.0496. The summed E-state index contributed by atoms with van der Waals surface area (Å²) in [4.78, 5) is 0. The molecule has 0 saturated carbocycles. The Morgan fingerprint density at radius 2 is 1.96 bits per heavy atom. The first-order valence-corrected chi connectivity index (χ1v) is 8.97. The van der Waals surface area contributed by atoms with E-state index in [9.17, 15) is 21.6 Å². The van der Waals surface area contributed by atoms with Crippen LogP contribution < -0.4 is 5.32 Å². The molecule has 132 valence electrons. The molecular formula is C14H15ClF3N3O2S. The third-order valence-electron chi connectivity index (χ3n) is 3.89. The molecule has 2 rings (SSSR count). The maximum absolute atomic E-state index is 12.5. The third kappa shape index (κ3) is 4.12. The monoisotopic (exact) mass is 381 g/mol. The smallest absolute Gasteiger partial charge is 0.385 e. The highest BCUT2D eigenvalue weighted by atomic mass is 35.5. The Kier molecular flexibility index (Phi) is 5.63. The molecule has 0 radical (unpaired) electrons. The molecule has 1 aromatic rings. The van der Waals surface area contributed by atoms with Crippen molar-refractivity contribution in [1.82, 2.24) is 4.31 Å². The van der Waals surface area contributed by atoms with Crippen LogP contribution in [0.1, 0.15) is 18.4 Å². The Labute approximate surface area is 143 Å². The third-order valence-corrected chi connectivity index (χ3v) is 5.83. The van der Waals surface area contributed by atoms with Crippen molar-refractivity contribution in [2.75, 3.05) is 25.0 Å². The van der Waals surface area contributed by atoms with E-state index in [4.69, 9.17) is 16.9 Å². The van der Waals surface area contributed by atoms with Gasteiger partial charge in [-0.05, 0) is 37.0 Å². The Bertz CT molecular complexity index is 739. The van der Waals surface area contributed by atoms with E-state index in [1.165, 1.54) is 0 Å². The number of nitrogens with one attached hydrogen (secondary N) is 1. The number of nitriles is 1. The number of sulfonamides is 1. The summed E-state index contributed by atoms with van der Waals surface area (Å²) in [5.41, 5.74) is -4.20. The molecule has 10 heteroatoms. The van der Waals surface area contributed by atoms with Crippen molar-refractivity contribution in [1.29, 1.82) is 5.26 Å². The number of hydrogen-bond acceptors (Lipinski definition) is 4. The second-order valence-electron chi connectivity index (χ2n) is 5.48. The van der Waals surface area contributed by atoms with Crippen LogP contribution >= 0.6 is 11.6 Å². The molecule has 1 aliphatic rings. The number of halogens is 4. The van der Waals surface area contributed by atoms with E-state index in [1.54, 1.807) is 18.2 Å². The Morgan fingerprint density at radius 1 is 1.33 bits per heavy atom. The minimum Gasteiger partial charge on any atom is -0.385 e. The molecule has 0 spiro atoms. The van der Waals surface area contributed by atoms with Gasteiger partial charge >= 0.3 is 15.5 Å². The molecule has 5 nitrogen and oxygen atoms in total. The second-order valence-corrected chi connectivity index (χ2v) is 7.82. The predicted molar refractivity (Wildman–Crippen MR) is 83.9 cm³/mol. The van der Waals surface area contributed by atoms with E-state index >= 15 is 0 Å². The molecule has 1 N–H and O–H groups in total. The van der Waals surface area contributed by atoms with Crippen LogP contribution in [0.4, 0.5) is 18.9 Å². The van der Waals surface area contributed by atoms with E-state index in [2.05, 4.69) is 5.32 Å². The number of piperidine rings is 1. The average molecular weight is 382 g/mol. The van der Waals surface area contributed by atoms with E-state index in [0.29, 0.717) is 40.0 Å². The molecule has 1 aliphatic heterocycles. The summed E-state index contributed by atoms with van der Waals surface area (Å²) in [6, 6.07) is 6.81. The van der Waals surface area contributed by atoms with Gasteiger partial charge in [0.2, 0.25) is 0 Å². The minimum absolute atomic E-state index is 0.0547.